The fourth-order valence-corrected chi connectivity index (χ4v) is 2.39. The summed E-state index contributed by atoms with van der Waals surface area (Å²) < 4.78 is 0. The lowest BCUT2D eigenvalue weighted by Crippen LogP contribution is -2.37. The molecule has 1 heterocycles. The van der Waals surface area contributed by atoms with Crippen molar-refractivity contribution < 1.29 is 0 Å². The molecule has 1 aliphatic carbocycles. The summed E-state index contributed by atoms with van der Waals surface area (Å²) in [4.78, 5) is 9.89. The Balaban J connectivity index is 1.87. The molecule has 0 atom stereocenters. The summed E-state index contributed by atoms with van der Waals surface area (Å²) in [6.07, 6.45) is 2.53. The number of hydrogen-bond acceptors (Lipinski definition) is 3. The molecule has 2 N–H and O–H groups in total. The molecule has 5 heteroatoms. The van der Waals surface area contributed by atoms with E-state index in [1.54, 1.807) is 11.3 Å². The highest BCUT2D eigenvalue weighted by Gasteiger charge is 2.22. The van der Waals surface area contributed by atoms with Crippen molar-refractivity contribution in [3.8, 4) is 0 Å². The number of rotatable bonds is 3. The third-order valence-electron chi connectivity index (χ3n) is 2.56. The Morgan fingerprint density at radius 3 is 2.75 bits per heavy atom. The van der Waals surface area contributed by atoms with Gasteiger partial charge in [0.15, 0.2) is 5.96 Å². The zero-order valence-corrected chi connectivity index (χ0v) is 10.8. The summed E-state index contributed by atoms with van der Waals surface area (Å²) in [5.74, 6) is 0.896. The number of hydrogen-bond donors (Lipinski definition) is 2. The van der Waals surface area contributed by atoms with E-state index in [4.69, 9.17) is 0 Å². The molecule has 0 unspecified atom stereocenters. The number of guanidine groups is 1. The van der Waals surface area contributed by atoms with Gasteiger partial charge in [-0.1, -0.05) is 0 Å². The number of thiazole rings is 1. The third kappa shape index (κ3) is 2.95. The van der Waals surface area contributed by atoms with E-state index in [1.807, 2.05) is 14.0 Å². The second-order valence-electron chi connectivity index (χ2n) is 4.09. The van der Waals surface area contributed by atoms with Gasteiger partial charge in [-0.05, 0) is 26.7 Å². The van der Waals surface area contributed by atoms with Crippen LogP contribution < -0.4 is 10.6 Å². The van der Waals surface area contributed by atoms with Crippen LogP contribution in [0.5, 0.6) is 0 Å². The predicted octanol–water partition coefficient (Wildman–Crippen LogP) is 1.59. The van der Waals surface area contributed by atoms with E-state index in [-0.39, 0.29) is 0 Å². The average molecular weight is 238 g/mol. The molecule has 0 radical (unpaired) electrons. The zero-order chi connectivity index (χ0) is 11.5. The largest absolute Gasteiger partial charge is 0.354 e. The number of nitrogens with zero attached hydrogens (tertiary/aromatic N) is 2. The first-order valence-corrected chi connectivity index (χ1v) is 6.41. The highest BCUT2D eigenvalue weighted by molar-refractivity contribution is 7.11. The molecule has 0 bridgehead atoms. The lowest BCUT2D eigenvalue weighted by molar-refractivity contribution is 0.808. The molecule has 88 valence electrons. The molecule has 1 aromatic heterocycles. The van der Waals surface area contributed by atoms with E-state index >= 15 is 0 Å². The smallest absolute Gasteiger partial charge is 0.191 e. The van der Waals surface area contributed by atoms with Gasteiger partial charge in [0.05, 0.1) is 17.2 Å². The van der Waals surface area contributed by atoms with Gasteiger partial charge >= 0.3 is 0 Å². The maximum absolute atomic E-state index is 4.41. The van der Waals surface area contributed by atoms with Gasteiger partial charge in [0, 0.05) is 18.0 Å². The van der Waals surface area contributed by atoms with E-state index in [0.29, 0.717) is 6.04 Å². The Morgan fingerprint density at radius 2 is 2.25 bits per heavy atom. The first-order valence-electron chi connectivity index (χ1n) is 5.59. The maximum atomic E-state index is 4.41. The molecular weight excluding hydrogens is 220 g/mol. The molecule has 1 saturated carbocycles. The molecule has 4 nitrogen and oxygen atoms in total. The molecule has 0 saturated heterocycles. The first kappa shape index (κ1) is 11.4. The lowest BCUT2D eigenvalue weighted by atomic mass is 10.4. The first-order chi connectivity index (χ1) is 7.69. The topological polar surface area (TPSA) is 49.3 Å². The van der Waals surface area contributed by atoms with Gasteiger partial charge in [-0.25, -0.2) is 4.98 Å². The fourth-order valence-electron chi connectivity index (χ4n) is 1.52. The molecule has 2 rings (SSSR count). The van der Waals surface area contributed by atoms with Crippen molar-refractivity contribution >= 4 is 17.3 Å². The molecule has 0 aliphatic heterocycles. The lowest BCUT2D eigenvalue weighted by Gasteiger charge is -2.10. The second kappa shape index (κ2) is 4.82. The van der Waals surface area contributed by atoms with Crippen molar-refractivity contribution in [1.29, 1.82) is 0 Å². The van der Waals surface area contributed by atoms with Crippen molar-refractivity contribution in [3.63, 3.8) is 0 Å². The summed E-state index contributed by atoms with van der Waals surface area (Å²) in [6.45, 7) is 4.90. The van der Waals surface area contributed by atoms with Crippen molar-refractivity contribution in [2.24, 2.45) is 4.99 Å². The van der Waals surface area contributed by atoms with Crippen molar-refractivity contribution in [2.75, 3.05) is 7.05 Å². The Kier molecular flexibility index (Phi) is 3.43. The number of aryl methyl sites for hydroxylation is 2. The Bertz CT molecular complexity index is 393. The summed E-state index contributed by atoms with van der Waals surface area (Å²) >= 11 is 1.74. The van der Waals surface area contributed by atoms with Gasteiger partial charge in [0.1, 0.15) is 0 Å². The standard InChI is InChI=1S/C11H18N4S/c1-7-10(16-8(2)14-7)6-13-11(12-3)15-9-4-5-9/h9H,4-6H2,1-3H3,(H2,12,13,15). The van der Waals surface area contributed by atoms with Crippen LogP contribution in [0.15, 0.2) is 4.99 Å². The number of aromatic nitrogens is 1. The van der Waals surface area contributed by atoms with Crippen LogP contribution >= 0.6 is 11.3 Å². The summed E-state index contributed by atoms with van der Waals surface area (Å²) in [5, 5.41) is 7.81. The third-order valence-corrected chi connectivity index (χ3v) is 3.63. The van der Waals surface area contributed by atoms with Crippen LogP contribution in [0.2, 0.25) is 0 Å². The Morgan fingerprint density at radius 1 is 1.50 bits per heavy atom. The Labute approximate surface area is 100 Å². The van der Waals surface area contributed by atoms with Gasteiger partial charge in [-0.3, -0.25) is 4.99 Å². The quantitative estimate of drug-likeness (QED) is 0.621. The molecule has 1 fully saturated rings. The van der Waals surface area contributed by atoms with Crippen LogP contribution in [-0.4, -0.2) is 24.0 Å². The van der Waals surface area contributed by atoms with Crippen LogP contribution in [0.3, 0.4) is 0 Å². The summed E-state index contributed by atoms with van der Waals surface area (Å²) in [5.41, 5.74) is 1.12. The summed E-state index contributed by atoms with van der Waals surface area (Å²) in [7, 11) is 1.81. The van der Waals surface area contributed by atoms with Gasteiger partial charge in [-0.2, -0.15) is 0 Å². The van der Waals surface area contributed by atoms with E-state index in [1.165, 1.54) is 17.7 Å². The van der Waals surface area contributed by atoms with Crippen molar-refractivity contribution in [1.82, 2.24) is 15.6 Å². The number of aliphatic imine (C=N–C) groups is 1. The minimum atomic E-state index is 0.635. The van der Waals surface area contributed by atoms with Gasteiger partial charge in [0.25, 0.3) is 0 Å². The molecule has 1 aromatic rings. The van der Waals surface area contributed by atoms with Crippen LogP contribution in [0.25, 0.3) is 0 Å². The predicted molar refractivity (Wildman–Crippen MR) is 67.9 cm³/mol. The van der Waals surface area contributed by atoms with Crippen molar-refractivity contribution in [2.45, 2.75) is 39.3 Å². The maximum Gasteiger partial charge on any atom is 0.191 e. The van der Waals surface area contributed by atoms with E-state index in [0.717, 1.165) is 23.2 Å². The Hall–Kier alpha value is -1.10. The minimum Gasteiger partial charge on any atom is -0.354 e. The molecule has 16 heavy (non-hydrogen) atoms. The normalized spacial score (nSPS) is 16.3. The SMILES string of the molecule is CN=C(NCc1sc(C)nc1C)NC1CC1. The van der Waals surface area contributed by atoms with E-state index in [2.05, 4.69) is 27.5 Å². The zero-order valence-electron chi connectivity index (χ0n) is 10.0. The molecule has 0 spiro atoms. The van der Waals surface area contributed by atoms with E-state index < -0.39 is 0 Å². The highest BCUT2D eigenvalue weighted by Crippen LogP contribution is 2.19. The molecule has 0 amide bonds. The minimum absolute atomic E-state index is 0.635. The fraction of sp³-hybridized carbons (Fsp3) is 0.636. The van der Waals surface area contributed by atoms with E-state index in [9.17, 15) is 0 Å². The summed E-state index contributed by atoms with van der Waals surface area (Å²) in [6, 6.07) is 0.635. The van der Waals surface area contributed by atoms with Gasteiger partial charge < -0.3 is 10.6 Å². The highest BCUT2D eigenvalue weighted by atomic mass is 32.1. The van der Waals surface area contributed by atoms with Crippen LogP contribution in [0.4, 0.5) is 0 Å². The number of nitrogens with one attached hydrogen (secondary N) is 2. The second-order valence-corrected chi connectivity index (χ2v) is 5.37. The van der Waals surface area contributed by atoms with Crippen LogP contribution in [0, 0.1) is 13.8 Å². The monoisotopic (exact) mass is 238 g/mol. The van der Waals surface area contributed by atoms with Crippen LogP contribution in [0.1, 0.15) is 28.4 Å². The van der Waals surface area contributed by atoms with Crippen LogP contribution in [-0.2, 0) is 6.54 Å². The average Bonchev–Trinajstić information content (AvgIpc) is 3.00. The van der Waals surface area contributed by atoms with Crippen molar-refractivity contribution in [3.05, 3.63) is 15.6 Å². The molecule has 1 aliphatic rings. The van der Waals surface area contributed by atoms with Gasteiger partial charge in [0.2, 0.25) is 0 Å². The molecular formula is C11H18N4S. The molecule has 0 aromatic carbocycles. The van der Waals surface area contributed by atoms with Gasteiger partial charge in [-0.15, -0.1) is 11.3 Å².